The van der Waals surface area contributed by atoms with E-state index >= 15 is 0 Å². The van der Waals surface area contributed by atoms with E-state index in [4.69, 9.17) is 0 Å². The highest BCUT2D eigenvalue weighted by atomic mass is 16.4. The Labute approximate surface area is 111 Å². The predicted molar refractivity (Wildman–Crippen MR) is 72.5 cm³/mol. The summed E-state index contributed by atoms with van der Waals surface area (Å²) < 4.78 is 0. The van der Waals surface area contributed by atoms with Crippen molar-refractivity contribution in [3.63, 3.8) is 0 Å². The molecule has 0 bridgehead atoms. The number of nitrogens with zero attached hydrogens (tertiary/aromatic N) is 1. The van der Waals surface area contributed by atoms with Gasteiger partial charge in [-0.3, -0.25) is 9.69 Å². The standard InChI is InChI=1S/C15H27NO2/c1-14(2,3)11-9-16(10-11)12-7-5-6-8-15(12,4)13(17)18/h11-12H,5-10H2,1-4H3,(H,17,18). The first-order valence-corrected chi connectivity index (χ1v) is 7.22. The van der Waals surface area contributed by atoms with Crippen LogP contribution in [-0.2, 0) is 4.79 Å². The molecule has 0 amide bonds. The molecule has 1 saturated heterocycles. The largest absolute Gasteiger partial charge is 0.481 e. The summed E-state index contributed by atoms with van der Waals surface area (Å²) in [5.41, 5.74) is -0.175. The Balaban J connectivity index is 2.03. The summed E-state index contributed by atoms with van der Waals surface area (Å²) in [4.78, 5) is 14.0. The van der Waals surface area contributed by atoms with E-state index in [1.54, 1.807) is 0 Å². The average Bonchev–Trinajstić information content (AvgIpc) is 2.16. The number of carboxylic acids is 1. The van der Waals surface area contributed by atoms with E-state index in [1.165, 1.54) is 6.42 Å². The molecule has 1 saturated carbocycles. The van der Waals surface area contributed by atoms with Gasteiger partial charge in [0.15, 0.2) is 0 Å². The summed E-state index contributed by atoms with van der Waals surface area (Å²) in [7, 11) is 0. The third kappa shape index (κ3) is 2.29. The van der Waals surface area contributed by atoms with Gasteiger partial charge in [0.1, 0.15) is 0 Å². The van der Waals surface area contributed by atoms with Gasteiger partial charge in [0.25, 0.3) is 0 Å². The molecular formula is C15H27NO2. The minimum absolute atomic E-state index is 0.252. The third-order valence-electron chi connectivity index (χ3n) is 5.22. The highest BCUT2D eigenvalue weighted by Crippen LogP contribution is 2.44. The van der Waals surface area contributed by atoms with Gasteiger partial charge in [-0.05, 0) is 31.1 Å². The van der Waals surface area contributed by atoms with Crippen LogP contribution in [0.5, 0.6) is 0 Å². The Morgan fingerprint density at radius 1 is 1.28 bits per heavy atom. The molecule has 0 spiro atoms. The third-order valence-corrected chi connectivity index (χ3v) is 5.22. The molecule has 2 aliphatic rings. The number of carboxylic acid groups (broad SMARTS) is 1. The lowest BCUT2D eigenvalue weighted by molar-refractivity contribution is -0.159. The molecule has 1 N–H and O–H groups in total. The summed E-state index contributed by atoms with van der Waals surface area (Å²) in [6.07, 6.45) is 4.14. The average molecular weight is 253 g/mol. The van der Waals surface area contributed by atoms with E-state index in [1.807, 2.05) is 6.92 Å². The Morgan fingerprint density at radius 3 is 2.39 bits per heavy atom. The molecule has 18 heavy (non-hydrogen) atoms. The second-order valence-corrected chi connectivity index (χ2v) is 7.50. The zero-order chi connectivity index (χ0) is 13.6. The number of aliphatic carboxylic acids is 1. The minimum atomic E-state index is -0.605. The van der Waals surface area contributed by atoms with Crippen LogP contribution < -0.4 is 0 Å². The van der Waals surface area contributed by atoms with Gasteiger partial charge in [-0.2, -0.15) is 0 Å². The van der Waals surface area contributed by atoms with E-state index in [0.29, 0.717) is 5.41 Å². The van der Waals surface area contributed by atoms with Gasteiger partial charge in [0, 0.05) is 19.1 Å². The Bertz CT molecular complexity index is 328. The van der Waals surface area contributed by atoms with Gasteiger partial charge in [0.2, 0.25) is 0 Å². The molecule has 2 fully saturated rings. The Kier molecular flexibility index (Phi) is 3.48. The van der Waals surface area contributed by atoms with Crippen molar-refractivity contribution >= 4 is 5.97 Å². The molecule has 1 heterocycles. The molecule has 104 valence electrons. The zero-order valence-electron chi connectivity index (χ0n) is 12.2. The lowest BCUT2D eigenvalue weighted by Crippen LogP contribution is -2.62. The minimum Gasteiger partial charge on any atom is -0.481 e. The predicted octanol–water partition coefficient (Wildman–Crippen LogP) is 3.00. The van der Waals surface area contributed by atoms with Crippen LogP contribution in [-0.4, -0.2) is 35.1 Å². The summed E-state index contributed by atoms with van der Waals surface area (Å²) in [5, 5.41) is 9.54. The number of hydrogen-bond donors (Lipinski definition) is 1. The molecule has 0 aromatic rings. The summed E-state index contributed by atoms with van der Waals surface area (Å²) in [5.74, 6) is 0.115. The maximum Gasteiger partial charge on any atom is 0.310 e. The summed E-state index contributed by atoms with van der Waals surface area (Å²) >= 11 is 0. The molecule has 0 radical (unpaired) electrons. The molecule has 2 atom stereocenters. The number of likely N-dealkylation sites (tertiary alicyclic amines) is 1. The first kappa shape index (κ1) is 13.9. The Morgan fingerprint density at radius 2 is 1.89 bits per heavy atom. The van der Waals surface area contributed by atoms with Gasteiger partial charge in [-0.15, -0.1) is 0 Å². The van der Waals surface area contributed by atoms with Crippen molar-refractivity contribution < 1.29 is 9.90 Å². The van der Waals surface area contributed by atoms with Crippen molar-refractivity contribution in [2.45, 2.75) is 59.4 Å². The van der Waals surface area contributed by atoms with Gasteiger partial charge in [-0.1, -0.05) is 33.6 Å². The number of carbonyl (C=O) groups is 1. The topological polar surface area (TPSA) is 40.5 Å². The van der Waals surface area contributed by atoms with Crippen molar-refractivity contribution in [2.75, 3.05) is 13.1 Å². The Hall–Kier alpha value is -0.570. The van der Waals surface area contributed by atoms with Crippen LogP contribution in [0.25, 0.3) is 0 Å². The lowest BCUT2D eigenvalue weighted by Gasteiger charge is -2.54. The van der Waals surface area contributed by atoms with E-state index in [2.05, 4.69) is 25.7 Å². The second-order valence-electron chi connectivity index (χ2n) is 7.50. The summed E-state index contributed by atoms with van der Waals surface area (Å²) in [6, 6.07) is 0.252. The molecular weight excluding hydrogens is 226 g/mol. The SMILES string of the molecule is CC(C)(C)C1CN(C2CCCCC2(C)C(=O)O)C1. The van der Waals surface area contributed by atoms with Crippen LogP contribution in [0, 0.1) is 16.7 Å². The van der Waals surface area contributed by atoms with Gasteiger partial charge in [0.05, 0.1) is 5.41 Å². The molecule has 1 aliphatic carbocycles. The molecule has 2 unspecified atom stereocenters. The van der Waals surface area contributed by atoms with E-state index in [0.717, 1.165) is 38.3 Å². The molecule has 3 nitrogen and oxygen atoms in total. The van der Waals surface area contributed by atoms with Gasteiger partial charge in [-0.25, -0.2) is 0 Å². The monoisotopic (exact) mass is 253 g/mol. The first-order valence-electron chi connectivity index (χ1n) is 7.22. The van der Waals surface area contributed by atoms with Crippen molar-refractivity contribution in [1.29, 1.82) is 0 Å². The number of rotatable bonds is 2. The highest BCUT2D eigenvalue weighted by molar-refractivity contribution is 5.75. The second kappa shape index (κ2) is 4.52. The fraction of sp³-hybridized carbons (Fsp3) is 0.933. The number of hydrogen-bond acceptors (Lipinski definition) is 2. The smallest absolute Gasteiger partial charge is 0.310 e. The highest BCUT2D eigenvalue weighted by Gasteiger charge is 2.50. The fourth-order valence-electron chi connectivity index (χ4n) is 3.46. The van der Waals surface area contributed by atoms with Crippen molar-refractivity contribution in [1.82, 2.24) is 4.90 Å². The van der Waals surface area contributed by atoms with Gasteiger partial charge < -0.3 is 5.11 Å². The van der Waals surface area contributed by atoms with E-state index < -0.39 is 11.4 Å². The quantitative estimate of drug-likeness (QED) is 0.822. The van der Waals surface area contributed by atoms with Crippen LogP contribution in [0.2, 0.25) is 0 Å². The maximum absolute atomic E-state index is 11.6. The maximum atomic E-state index is 11.6. The van der Waals surface area contributed by atoms with Crippen LogP contribution in [0.4, 0.5) is 0 Å². The van der Waals surface area contributed by atoms with Crippen LogP contribution in [0.3, 0.4) is 0 Å². The van der Waals surface area contributed by atoms with Crippen molar-refractivity contribution in [3.05, 3.63) is 0 Å². The van der Waals surface area contributed by atoms with Crippen LogP contribution in [0.15, 0.2) is 0 Å². The van der Waals surface area contributed by atoms with Crippen LogP contribution in [0.1, 0.15) is 53.4 Å². The summed E-state index contributed by atoms with van der Waals surface area (Å²) in [6.45, 7) is 11.0. The van der Waals surface area contributed by atoms with E-state index in [-0.39, 0.29) is 6.04 Å². The zero-order valence-corrected chi connectivity index (χ0v) is 12.2. The molecule has 0 aromatic heterocycles. The van der Waals surface area contributed by atoms with Gasteiger partial charge >= 0.3 is 5.97 Å². The van der Waals surface area contributed by atoms with Crippen molar-refractivity contribution in [3.8, 4) is 0 Å². The van der Waals surface area contributed by atoms with Crippen molar-refractivity contribution in [2.24, 2.45) is 16.7 Å². The fourth-order valence-corrected chi connectivity index (χ4v) is 3.46. The molecule has 2 rings (SSSR count). The van der Waals surface area contributed by atoms with Crippen LogP contribution >= 0.6 is 0 Å². The van der Waals surface area contributed by atoms with E-state index in [9.17, 15) is 9.90 Å². The lowest BCUT2D eigenvalue weighted by atomic mass is 9.67. The molecule has 0 aromatic carbocycles. The first-order chi connectivity index (χ1) is 8.25. The normalized spacial score (nSPS) is 35.2. The molecule has 1 aliphatic heterocycles. The molecule has 3 heteroatoms.